The Labute approximate surface area is 183 Å². The van der Waals surface area contributed by atoms with Crippen LogP contribution in [0.2, 0.25) is 0 Å². The van der Waals surface area contributed by atoms with Crippen molar-refractivity contribution in [2.45, 2.75) is 0 Å². The third kappa shape index (κ3) is 4.50. The number of rotatable bonds is 7. The minimum atomic E-state index is -0.0622. The fourth-order valence-corrected chi connectivity index (χ4v) is 4.52. The normalized spacial score (nSPS) is 10.5. The smallest absolute Gasteiger partial charge is 0.268 e. The minimum Gasteiger partial charge on any atom is -0.306 e. The maximum absolute atomic E-state index is 13.2. The molecule has 0 atom stereocenters. The first-order valence-electron chi connectivity index (χ1n) is 9.55. The highest BCUT2D eigenvalue weighted by Crippen LogP contribution is 2.22. The molecule has 4 nitrogen and oxygen atoms in total. The van der Waals surface area contributed by atoms with E-state index in [4.69, 9.17) is 0 Å². The number of thiophene rings is 2. The molecule has 150 valence electrons. The van der Waals surface area contributed by atoms with Crippen LogP contribution in [0.1, 0.15) is 19.3 Å². The first-order chi connectivity index (χ1) is 14.7. The highest BCUT2D eigenvalue weighted by atomic mass is 32.1. The second kappa shape index (κ2) is 9.52. The van der Waals surface area contributed by atoms with E-state index < -0.39 is 0 Å². The van der Waals surface area contributed by atoms with Crippen LogP contribution in [0.25, 0.3) is 0 Å². The van der Waals surface area contributed by atoms with E-state index >= 15 is 0 Å². The summed E-state index contributed by atoms with van der Waals surface area (Å²) >= 11 is 2.84. The predicted octanol–water partition coefficient (Wildman–Crippen LogP) is 5.80. The van der Waals surface area contributed by atoms with E-state index in [0.717, 1.165) is 11.4 Å². The zero-order chi connectivity index (χ0) is 20.8. The molecule has 6 heteroatoms. The van der Waals surface area contributed by atoms with E-state index in [2.05, 4.69) is 0 Å². The summed E-state index contributed by atoms with van der Waals surface area (Å²) in [5.74, 6) is -0.124. The van der Waals surface area contributed by atoms with Crippen LogP contribution in [0.5, 0.6) is 0 Å². The van der Waals surface area contributed by atoms with Gasteiger partial charge >= 0.3 is 0 Å². The van der Waals surface area contributed by atoms with Crippen molar-refractivity contribution in [1.29, 1.82) is 0 Å². The van der Waals surface area contributed by atoms with Gasteiger partial charge in [-0.05, 0) is 47.2 Å². The van der Waals surface area contributed by atoms with E-state index in [1.807, 2.05) is 95.7 Å². The molecule has 4 rings (SSSR count). The Morgan fingerprint density at radius 2 is 0.967 bits per heavy atom. The Morgan fingerprint density at radius 3 is 1.30 bits per heavy atom. The van der Waals surface area contributed by atoms with Crippen LogP contribution in [0, 0.1) is 0 Å². The molecule has 0 bridgehead atoms. The SMILES string of the molecule is O=C(c1cccs1)N(CCN(C(=O)c1cccs1)c1ccccc1)c1ccccc1. The average molecular weight is 433 g/mol. The number of anilines is 2. The molecule has 0 aliphatic heterocycles. The lowest BCUT2D eigenvalue weighted by Crippen LogP contribution is -2.41. The molecule has 0 saturated heterocycles. The molecule has 0 spiro atoms. The van der Waals surface area contributed by atoms with E-state index in [0.29, 0.717) is 22.8 Å². The molecule has 2 heterocycles. The molecule has 0 fully saturated rings. The molecule has 0 N–H and O–H groups in total. The Morgan fingerprint density at radius 1 is 0.567 bits per heavy atom. The Balaban J connectivity index is 1.62. The molecular formula is C24H20N2O2S2. The Kier molecular flexibility index (Phi) is 6.37. The van der Waals surface area contributed by atoms with Crippen LogP contribution in [-0.2, 0) is 0 Å². The number of carbonyl (C=O) groups excluding carboxylic acids is 2. The molecule has 30 heavy (non-hydrogen) atoms. The van der Waals surface area contributed by atoms with Gasteiger partial charge in [0.25, 0.3) is 11.8 Å². The molecule has 0 aliphatic carbocycles. The number of hydrogen-bond acceptors (Lipinski definition) is 4. The van der Waals surface area contributed by atoms with Crippen molar-refractivity contribution in [3.8, 4) is 0 Å². The zero-order valence-electron chi connectivity index (χ0n) is 16.2. The summed E-state index contributed by atoms with van der Waals surface area (Å²) in [6.45, 7) is 0.763. The first kappa shape index (κ1) is 20.1. The van der Waals surface area contributed by atoms with Gasteiger partial charge in [0.2, 0.25) is 0 Å². The van der Waals surface area contributed by atoms with Gasteiger partial charge < -0.3 is 9.80 Å². The Bertz CT molecular complexity index is 989. The van der Waals surface area contributed by atoms with Gasteiger partial charge in [-0.3, -0.25) is 9.59 Å². The van der Waals surface area contributed by atoms with Crippen LogP contribution in [0.3, 0.4) is 0 Å². The summed E-state index contributed by atoms with van der Waals surface area (Å²) in [5.41, 5.74) is 1.62. The molecule has 2 aromatic heterocycles. The fraction of sp³-hybridized carbons (Fsp3) is 0.0833. The van der Waals surface area contributed by atoms with Gasteiger partial charge in [0, 0.05) is 24.5 Å². The van der Waals surface area contributed by atoms with Crippen molar-refractivity contribution >= 4 is 45.9 Å². The van der Waals surface area contributed by atoms with Gasteiger partial charge in [0.05, 0.1) is 9.75 Å². The summed E-state index contributed by atoms with van der Waals surface area (Å²) in [6.07, 6.45) is 0. The lowest BCUT2D eigenvalue weighted by atomic mass is 10.2. The molecule has 0 unspecified atom stereocenters. The Hall–Kier alpha value is -3.22. The van der Waals surface area contributed by atoms with Gasteiger partial charge in [-0.2, -0.15) is 0 Å². The number of nitrogens with zero attached hydrogens (tertiary/aromatic N) is 2. The van der Waals surface area contributed by atoms with Crippen molar-refractivity contribution in [3.05, 3.63) is 105 Å². The molecule has 2 amide bonds. The summed E-state index contributed by atoms with van der Waals surface area (Å²) < 4.78 is 0. The number of carbonyl (C=O) groups is 2. The highest BCUT2D eigenvalue weighted by molar-refractivity contribution is 7.12. The minimum absolute atomic E-state index is 0.0622. The molecule has 0 radical (unpaired) electrons. The summed E-state index contributed by atoms with van der Waals surface area (Å²) in [7, 11) is 0. The highest BCUT2D eigenvalue weighted by Gasteiger charge is 2.23. The largest absolute Gasteiger partial charge is 0.306 e. The van der Waals surface area contributed by atoms with Gasteiger partial charge in [-0.1, -0.05) is 48.5 Å². The van der Waals surface area contributed by atoms with E-state index in [-0.39, 0.29) is 11.8 Å². The van der Waals surface area contributed by atoms with E-state index in [1.165, 1.54) is 22.7 Å². The van der Waals surface area contributed by atoms with Crippen molar-refractivity contribution in [1.82, 2.24) is 0 Å². The van der Waals surface area contributed by atoms with Crippen molar-refractivity contribution in [2.24, 2.45) is 0 Å². The number of benzene rings is 2. The van der Waals surface area contributed by atoms with E-state index in [9.17, 15) is 9.59 Å². The third-order valence-electron chi connectivity index (χ3n) is 4.64. The summed E-state index contributed by atoms with van der Waals surface area (Å²) in [5, 5.41) is 3.79. The van der Waals surface area contributed by atoms with Gasteiger partial charge in [-0.15, -0.1) is 22.7 Å². The number of amides is 2. The lowest BCUT2D eigenvalue weighted by Gasteiger charge is -2.28. The topological polar surface area (TPSA) is 40.6 Å². The molecule has 2 aromatic carbocycles. The molecule has 0 aliphatic rings. The standard InChI is InChI=1S/C24H20N2O2S2/c27-23(21-13-7-17-29-21)25(19-9-3-1-4-10-19)15-16-26(20-11-5-2-6-12-20)24(28)22-14-8-18-30-22/h1-14,17-18H,15-16H2. The average Bonchev–Trinajstić information content (AvgIpc) is 3.52. The van der Waals surface area contributed by atoms with Gasteiger partial charge in [0.15, 0.2) is 0 Å². The van der Waals surface area contributed by atoms with Crippen molar-refractivity contribution < 1.29 is 9.59 Å². The molecular weight excluding hydrogens is 412 g/mol. The second-order valence-corrected chi connectivity index (χ2v) is 8.43. The fourth-order valence-electron chi connectivity index (χ4n) is 3.18. The maximum Gasteiger partial charge on any atom is 0.268 e. The van der Waals surface area contributed by atoms with Gasteiger partial charge in [-0.25, -0.2) is 0 Å². The summed E-state index contributed by atoms with van der Waals surface area (Å²) in [4.78, 5) is 31.2. The predicted molar refractivity (Wildman–Crippen MR) is 125 cm³/mol. The van der Waals surface area contributed by atoms with Crippen LogP contribution in [0.4, 0.5) is 11.4 Å². The van der Waals surface area contributed by atoms with E-state index in [1.54, 1.807) is 9.80 Å². The summed E-state index contributed by atoms with van der Waals surface area (Å²) in [6, 6.07) is 26.6. The molecule has 4 aromatic rings. The van der Waals surface area contributed by atoms with Crippen LogP contribution in [0.15, 0.2) is 95.7 Å². The number of hydrogen-bond donors (Lipinski definition) is 0. The quantitative estimate of drug-likeness (QED) is 0.370. The number of para-hydroxylation sites is 2. The lowest BCUT2D eigenvalue weighted by molar-refractivity contribution is 0.0972. The third-order valence-corrected chi connectivity index (χ3v) is 6.35. The van der Waals surface area contributed by atoms with Crippen LogP contribution >= 0.6 is 22.7 Å². The van der Waals surface area contributed by atoms with Crippen molar-refractivity contribution in [2.75, 3.05) is 22.9 Å². The van der Waals surface area contributed by atoms with Gasteiger partial charge in [0.1, 0.15) is 0 Å². The second-order valence-electron chi connectivity index (χ2n) is 6.54. The van der Waals surface area contributed by atoms with Crippen LogP contribution < -0.4 is 9.80 Å². The zero-order valence-corrected chi connectivity index (χ0v) is 17.8. The molecule has 0 saturated carbocycles. The monoisotopic (exact) mass is 432 g/mol. The van der Waals surface area contributed by atoms with Crippen LogP contribution in [-0.4, -0.2) is 24.9 Å². The first-order valence-corrected chi connectivity index (χ1v) is 11.3. The maximum atomic E-state index is 13.2. The van der Waals surface area contributed by atoms with Crippen molar-refractivity contribution in [3.63, 3.8) is 0 Å².